The number of benzene rings is 1. The summed E-state index contributed by atoms with van der Waals surface area (Å²) in [7, 11) is 1.66. The van der Waals surface area contributed by atoms with Crippen molar-refractivity contribution in [3.8, 4) is 5.75 Å². The fourth-order valence-electron chi connectivity index (χ4n) is 3.98. The number of carbonyl (C=O) groups excluding carboxylic acids is 2. The van der Waals surface area contributed by atoms with Crippen LogP contribution in [0, 0.1) is 19.8 Å². The first-order chi connectivity index (χ1) is 12.9. The van der Waals surface area contributed by atoms with Crippen molar-refractivity contribution in [2.24, 2.45) is 11.7 Å². The molecular formula is C21H33N3O3. The minimum Gasteiger partial charge on any atom is -0.496 e. The van der Waals surface area contributed by atoms with E-state index in [0.717, 1.165) is 29.0 Å². The number of aryl methyl sites for hydroxylation is 2. The Morgan fingerprint density at radius 3 is 2.37 bits per heavy atom. The lowest BCUT2D eigenvalue weighted by Gasteiger charge is -2.23. The van der Waals surface area contributed by atoms with Crippen molar-refractivity contribution in [1.29, 1.82) is 0 Å². The molecule has 1 fully saturated rings. The van der Waals surface area contributed by atoms with Crippen LogP contribution in [0.25, 0.3) is 0 Å². The molecule has 2 rings (SSSR count). The summed E-state index contributed by atoms with van der Waals surface area (Å²) in [6.07, 6.45) is 7.45. The van der Waals surface area contributed by atoms with E-state index in [2.05, 4.69) is 5.32 Å². The van der Waals surface area contributed by atoms with Gasteiger partial charge >= 0.3 is 6.03 Å². The Hall–Kier alpha value is -2.24. The molecule has 0 aromatic heterocycles. The van der Waals surface area contributed by atoms with Crippen molar-refractivity contribution in [3.05, 3.63) is 23.3 Å². The third kappa shape index (κ3) is 6.15. The quantitative estimate of drug-likeness (QED) is 0.719. The molecule has 1 saturated carbocycles. The number of hydrogen-bond acceptors (Lipinski definition) is 4. The highest BCUT2D eigenvalue weighted by atomic mass is 16.5. The van der Waals surface area contributed by atoms with Crippen LogP contribution in [0.15, 0.2) is 12.1 Å². The van der Waals surface area contributed by atoms with Crippen LogP contribution in [0.1, 0.15) is 56.1 Å². The third-order valence-corrected chi connectivity index (χ3v) is 5.39. The summed E-state index contributed by atoms with van der Waals surface area (Å²) >= 11 is 0. The van der Waals surface area contributed by atoms with E-state index in [4.69, 9.17) is 10.5 Å². The predicted octanol–water partition coefficient (Wildman–Crippen LogP) is 3.99. The summed E-state index contributed by atoms with van der Waals surface area (Å²) in [5.41, 5.74) is 8.44. The van der Waals surface area contributed by atoms with Crippen LogP contribution in [0.5, 0.6) is 5.75 Å². The van der Waals surface area contributed by atoms with Crippen molar-refractivity contribution in [2.45, 2.75) is 58.8 Å². The number of primary amides is 1. The molecule has 1 aliphatic carbocycles. The molecule has 27 heavy (non-hydrogen) atoms. The monoisotopic (exact) mass is 375 g/mol. The number of nitrogens with one attached hydrogen (secondary N) is 1. The molecule has 1 aromatic carbocycles. The smallest absolute Gasteiger partial charge is 0.321 e. The molecule has 3 amide bonds. The van der Waals surface area contributed by atoms with E-state index < -0.39 is 6.03 Å². The highest BCUT2D eigenvalue weighted by Gasteiger charge is 2.21. The number of rotatable bonds is 8. The number of nitrogens with zero attached hydrogens (tertiary/aromatic N) is 1. The van der Waals surface area contributed by atoms with Gasteiger partial charge in [-0.1, -0.05) is 32.1 Å². The van der Waals surface area contributed by atoms with Crippen LogP contribution < -0.4 is 15.8 Å². The second-order valence-electron chi connectivity index (χ2n) is 7.50. The SMILES string of the molecule is COc1c(C)cc(NCCN(C(N)=O)C(=O)CCC2CCCCC2)cc1C. The number of methoxy groups -OCH3 is 1. The standard InChI is InChI=1S/C21H33N3O3/c1-15-13-18(14-16(2)20(15)27-3)23-11-12-24(21(22)26)19(25)10-9-17-7-5-4-6-8-17/h13-14,17,23H,4-12H2,1-3H3,(H2,22,26). The number of carbonyl (C=O) groups is 2. The van der Waals surface area contributed by atoms with Gasteiger partial charge in [0, 0.05) is 25.2 Å². The van der Waals surface area contributed by atoms with Crippen molar-refractivity contribution in [3.63, 3.8) is 0 Å². The molecule has 0 aliphatic heterocycles. The van der Waals surface area contributed by atoms with E-state index in [9.17, 15) is 9.59 Å². The normalized spacial score (nSPS) is 14.6. The Kier molecular flexibility index (Phi) is 7.95. The Balaban J connectivity index is 1.85. The summed E-state index contributed by atoms with van der Waals surface area (Å²) in [5.74, 6) is 1.31. The summed E-state index contributed by atoms with van der Waals surface area (Å²) < 4.78 is 5.37. The number of urea groups is 1. The van der Waals surface area contributed by atoms with Gasteiger partial charge < -0.3 is 15.8 Å². The van der Waals surface area contributed by atoms with Gasteiger partial charge in [-0.15, -0.1) is 0 Å². The second-order valence-corrected chi connectivity index (χ2v) is 7.50. The fourth-order valence-corrected chi connectivity index (χ4v) is 3.98. The Morgan fingerprint density at radius 2 is 1.81 bits per heavy atom. The lowest BCUT2D eigenvalue weighted by atomic mass is 9.86. The lowest BCUT2D eigenvalue weighted by Crippen LogP contribution is -2.43. The largest absolute Gasteiger partial charge is 0.496 e. The van der Waals surface area contributed by atoms with Gasteiger partial charge in [-0.2, -0.15) is 0 Å². The summed E-state index contributed by atoms with van der Waals surface area (Å²) in [4.78, 5) is 25.3. The van der Waals surface area contributed by atoms with E-state index in [0.29, 0.717) is 18.9 Å². The molecule has 0 atom stereocenters. The summed E-state index contributed by atoms with van der Waals surface area (Å²) in [5, 5.41) is 3.27. The maximum absolute atomic E-state index is 12.4. The zero-order valence-electron chi connectivity index (χ0n) is 16.8. The fraction of sp³-hybridized carbons (Fsp3) is 0.619. The summed E-state index contributed by atoms with van der Waals surface area (Å²) in [6.45, 7) is 4.70. The molecule has 6 heteroatoms. The van der Waals surface area contributed by atoms with Gasteiger partial charge in [-0.25, -0.2) is 4.79 Å². The predicted molar refractivity (Wildman–Crippen MR) is 108 cm³/mol. The number of anilines is 1. The second kappa shape index (κ2) is 10.2. The molecule has 1 aliphatic rings. The van der Waals surface area contributed by atoms with Crippen molar-refractivity contribution >= 4 is 17.6 Å². The molecule has 6 nitrogen and oxygen atoms in total. The molecule has 0 saturated heterocycles. The minimum absolute atomic E-state index is 0.169. The average Bonchev–Trinajstić information content (AvgIpc) is 2.63. The van der Waals surface area contributed by atoms with Crippen molar-refractivity contribution < 1.29 is 14.3 Å². The van der Waals surface area contributed by atoms with Gasteiger partial charge in [0.1, 0.15) is 5.75 Å². The summed E-state index contributed by atoms with van der Waals surface area (Å²) in [6, 6.07) is 3.31. The van der Waals surface area contributed by atoms with Gasteiger partial charge in [0.25, 0.3) is 0 Å². The molecule has 150 valence electrons. The lowest BCUT2D eigenvalue weighted by molar-refractivity contribution is -0.128. The van der Waals surface area contributed by atoms with Crippen molar-refractivity contribution in [1.82, 2.24) is 4.90 Å². The molecule has 3 N–H and O–H groups in total. The molecule has 0 unspecified atom stereocenters. The van der Waals surface area contributed by atoms with Crippen LogP contribution in [0.4, 0.5) is 10.5 Å². The Morgan fingerprint density at radius 1 is 1.19 bits per heavy atom. The van der Waals surface area contributed by atoms with Gasteiger partial charge in [0.05, 0.1) is 7.11 Å². The highest BCUT2D eigenvalue weighted by molar-refractivity contribution is 5.93. The van der Waals surface area contributed by atoms with Gasteiger partial charge in [-0.05, 0) is 49.4 Å². The Labute approximate surface area is 162 Å². The third-order valence-electron chi connectivity index (χ3n) is 5.39. The van der Waals surface area contributed by atoms with E-state index in [1.165, 1.54) is 37.0 Å². The van der Waals surface area contributed by atoms with Gasteiger partial charge in [-0.3, -0.25) is 9.69 Å². The molecular weight excluding hydrogens is 342 g/mol. The average molecular weight is 376 g/mol. The van der Waals surface area contributed by atoms with Crippen LogP contribution >= 0.6 is 0 Å². The number of imide groups is 1. The van der Waals surface area contributed by atoms with E-state index in [1.54, 1.807) is 7.11 Å². The van der Waals surface area contributed by atoms with Gasteiger partial charge in [0.15, 0.2) is 0 Å². The molecule has 0 bridgehead atoms. The number of nitrogens with two attached hydrogens (primary N) is 1. The maximum Gasteiger partial charge on any atom is 0.321 e. The number of hydrogen-bond donors (Lipinski definition) is 2. The maximum atomic E-state index is 12.4. The van der Waals surface area contributed by atoms with Crippen LogP contribution in [0.3, 0.4) is 0 Å². The van der Waals surface area contributed by atoms with E-state index >= 15 is 0 Å². The van der Waals surface area contributed by atoms with E-state index in [1.807, 2.05) is 26.0 Å². The molecule has 1 aromatic rings. The van der Waals surface area contributed by atoms with Crippen LogP contribution in [0.2, 0.25) is 0 Å². The first-order valence-electron chi connectivity index (χ1n) is 9.91. The zero-order chi connectivity index (χ0) is 19.8. The topological polar surface area (TPSA) is 84.7 Å². The number of ether oxygens (including phenoxy) is 1. The van der Waals surface area contributed by atoms with Crippen LogP contribution in [-0.2, 0) is 4.79 Å². The number of amides is 3. The zero-order valence-corrected chi connectivity index (χ0v) is 16.8. The van der Waals surface area contributed by atoms with E-state index in [-0.39, 0.29) is 12.5 Å². The van der Waals surface area contributed by atoms with Crippen LogP contribution in [-0.4, -0.2) is 37.0 Å². The molecule has 0 heterocycles. The minimum atomic E-state index is -0.674. The first-order valence-corrected chi connectivity index (χ1v) is 9.91. The van der Waals surface area contributed by atoms with Gasteiger partial charge in [0.2, 0.25) is 5.91 Å². The first kappa shape index (κ1) is 21.1. The highest BCUT2D eigenvalue weighted by Crippen LogP contribution is 2.28. The Bertz CT molecular complexity index is 631. The molecule has 0 spiro atoms. The van der Waals surface area contributed by atoms with Crippen molar-refractivity contribution in [2.75, 3.05) is 25.5 Å². The molecule has 0 radical (unpaired) electrons.